The second-order valence-corrected chi connectivity index (χ2v) is 9.91. The highest BCUT2D eigenvalue weighted by atomic mass is 19.1. The number of ether oxygens (including phenoxy) is 3. The van der Waals surface area contributed by atoms with Gasteiger partial charge in [0.1, 0.15) is 31.5 Å². The van der Waals surface area contributed by atoms with Crippen molar-refractivity contribution in [1.29, 1.82) is 10.8 Å². The third-order valence-corrected chi connectivity index (χ3v) is 5.98. The summed E-state index contributed by atoms with van der Waals surface area (Å²) in [4.78, 5) is 43.5. The Hall–Kier alpha value is -5.66. The van der Waals surface area contributed by atoms with Gasteiger partial charge in [-0.2, -0.15) is 0 Å². The number of alkyl carbamates (subject to hydrolysis) is 1. The first kappa shape index (κ1) is 33.8. The largest absolute Gasteiger partial charge is 0.487 e. The molecule has 0 bridgehead atoms. The zero-order valence-electron chi connectivity index (χ0n) is 25.0. The number of nitrogens with zero attached hydrogens (tertiary/aromatic N) is 2. The van der Waals surface area contributed by atoms with Crippen LogP contribution in [-0.2, 0) is 20.7 Å². The average molecular weight is 620 g/mol. The van der Waals surface area contributed by atoms with Gasteiger partial charge in [-0.15, -0.1) is 0 Å². The fraction of sp³-hybridized carbons (Fsp3) is 0.258. The third-order valence-electron chi connectivity index (χ3n) is 5.98. The summed E-state index contributed by atoms with van der Waals surface area (Å²) in [6, 6.07) is 10.3. The number of nitrogens with one attached hydrogen (secondary N) is 5. The summed E-state index contributed by atoms with van der Waals surface area (Å²) < 4.78 is 31.2. The van der Waals surface area contributed by atoms with Crippen molar-refractivity contribution in [3.05, 3.63) is 95.1 Å². The van der Waals surface area contributed by atoms with E-state index in [1.54, 1.807) is 50.2 Å². The molecule has 1 heterocycles. The van der Waals surface area contributed by atoms with Crippen LogP contribution in [0.2, 0.25) is 0 Å². The van der Waals surface area contributed by atoms with Gasteiger partial charge in [0.15, 0.2) is 11.6 Å². The normalized spacial score (nSPS) is 11.0. The van der Waals surface area contributed by atoms with E-state index < -0.39 is 29.8 Å². The van der Waals surface area contributed by atoms with Gasteiger partial charge >= 0.3 is 18.1 Å². The van der Waals surface area contributed by atoms with Gasteiger partial charge < -0.3 is 14.2 Å². The van der Waals surface area contributed by atoms with Crippen LogP contribution in [0.5, 0.6) is 5.75 Å². The number of hydrogen-bond acceptors (Lipinski definition) is 10. The number of carbonyl (C=O) groups is 3. The van der Waals surface area contributed by atoms with E-state index in [0.29, 0.717) is 22.3 Å². The van der Waals surface area contributed by atoms with E-state index in [9.17, 15) is 14.4 Å². The zero-order chi connectivity index (χ0) is 32.9. The zero-order valence-corrected chi connectivity index (χ0v) is 25.0. The SMILES string of the molecule is C=C(C)COC(=O)NC(=N)c1ccc(C[C@@H](C(=N)NC(=O)Nc2ncccn2)c2cc(C)cc(OCCOC(C)=O)c2F)cc1. The maximum Gasteiger partial charge on any atom is 0.413 e. The predicted molar refractivity (Wildman–Crippen MR) is 164 cm³/mol. The molecule has 3 amide bonds. The number of halogens is 1. The van der Waals surface area contributed by atoms with Gasteiger partial charge in [-0.25, -0.2) is 23.9 Å². The van der Waals surface area contributed by atoms with E-state index in [-0.39, 0.29) is 55.2 Å². The number of esters is 1. The molecule has 1 atom stereocenters. The van der Waals surface area contributed by atoms with E-state index >= 15 is 4.39 Å². The van der Waals surface area contributed by atoms with Gasteiger partial charge in [-0.1, -0.05) is 36.9 Å². The van der Waals surface area contributed by atoms with Crippen molar-refractivity contribution in [2.45, 2.75) is 33.1 Å². The van der Waals surface area contributed by atoms with Crippen molar-refractivity contribution < 1.29 is 33.0 Å². The smallest absolute Gasteiger partial charge is 0.413 e. The van der Waals surface area contributed by atoms with Crippen molar-refractivity contribution in [3.63, 3.8) is 0 Å². The first-order chi connectivity index (χ1) is 21.4. The fourth-order valence-corrected chi connectivity index (χ4v) is 3.97. The molecule has 0 saturated carbocycles. The maximum absolute atomic E-state index is 15.9. The third kappa shape index (κ3) is 10.8. The summed E-state index contributed by atoms with van der Waals surface area (Å²) in [5, 5.41) is 24.1. The number of aromatic nitrogens is 2. The van der Waals surface area contributed by atoms with Crippen molar-refractivity contribution in [1.82, 2.24) is 20.6 Å². The summed E-state index contributed by atoms with van der Waals surface area (Å²) in [5.41, 5.74) is 2.37. The first-order valence-corrected chi connectivity index (χ1v) is 13.7. The molecule has 5 N–H and O–H groups in total. The van der Waals surface area contributed by atoms with Crippen LogP contribution in [0.3, 0.4) is 0 Å². The molecular weight excluding hydrogens is 585 g/mol. The molecular formula is C31H34FN7O6. The van der Waals surface area contributed by atoms with Gasteiger partial charge in [0.05, 0.1) is 0 Å². The lowest BCUT2D eigenvalue weighted by Gasteiger charge is -2.22. The number of anilines is 1. The van der Waals surface area contributed by atoms with E-state index in [0.717, 1.165) is 0 Å². The van der Waals surface area contributed by atoms with Crippen LogP contribution in [0, 0.1) is 23.6 Å². The molecule has 0 aliphatic rings. The van der Waals surface area contributed by atoms with Crippen molar-refractivity contribution in [2.75, 3.05) is 25.1 Å². The van der Waals surface area contributed by atoms with Crippen LogP contribution >= 0.6 is 0 Å². The molecule has 236 valence electrons. The molecule has 13 nitrogen and oxygen atoms in total. The second-order valence-electron chi connectivity index (χ2n) is 9.91. The van der Waals surface area contributed by atoms with Crippen molar-refractivity contribution in [3.8, 4) is 5.75 Å². The Morgan fingerprint density at radius 3 is 2.33 bits per heavy atom. The molecule has 0 saturated heterocycles. The highest BCUT2D eigenvalue weighted by Gasteiger charge is 2.26. The average Bonchev–Trinajstić information content (AvgIpc) is 2.99. The van der Waals surface area contributed by atoms with Gasteiger partial charge in [0.25, 0.3) is 0 Å². The van der Waals surface area contributed by atoms with E-state index in [2.05, 4.69) is 32.5 Å². The lowest BCUT2D eigenvalue weighted by atomic mass is 9.89. The topological polar surface area (TPSA) is 188 Å². The van der Waals surface area contributed by atoms with Crippen LogP contribution in [0.15, 0.2) is 67.0 Å². The number of rotatable bonds is 12. The number of urea groups is 1. The minimum Gasteiger partial charge on any atom is -0.487 e. The molecule has 0 spiro atoms. The number of benzene rings is 2. The van der Waals surface area contributed by atoms with E-state index in [1.165, 1.54) is 25.4 Å². The van der Waals surface area contributed by atoms with E-state index in [4.69, 9.17) is 25.0 Å². The molecule has 0 unspecified atom stereocenters. The molecule has 1 aromatic heterocycles. The van der Waals surface area contributed by atoms with Gasteiger partial charge in [-0.3, -0.25) is 31.6 Å². The first-order valence-electron chi connectivity index (χ1n) is 13.7. The van der Waals surface area contributed by atoms with Crippen LogP contribution in [0.1, 0.15) is 42.0 Å². The summed E-state index contributed by atoms with van der Waals surface area (Å²) in [6.07, 6.45) is 2.14. The summed E-state index contributed by atoms with van der Waals surface area (Å²) in [5.74, 6) is -2.85. The Kier molecular flexibility index (Phi) is 12.2. The quantitative estimate of drug-likeness (QED) is 0.0638. The lowest BCUT2D eigenvalue weighted by molar-refractivity contribution is -0.141. The summed E-state index contributed by atoms with van der Waals surface area (Å²) >= 11 is 0. The molecule has 2 aromatic carbocycles. The van der Waals surface area contributed by atoms with Crippen molar-refractivity contribution in [2.24, 2.45) is 0 Å². The summed E-state index contributed by atoms with van der Waals surface area (Å²) in [6.45, 7) is 8.17. The molecule has 3 aromatic rings. The number of amides is 3. The monoisotopic (exact) mass is 619 g/mol. The number of hydrogen-bond donors (Lipinski definition) is 5. The highest BCUT2D eigenvalue weighted by Crippen LogP contribution is 2.31. The molecule has 0 aliphatic heterocycles. The Labute approximate surface area is 259 Å². The van der Waals surface area contributed by atoms with Crippen molar-refractivity contribution >= 4 is 35.7 Å². The highest BCUT2D eigenvalue weighted by molar-refractivity contribution is 6.05. The van der Waals surface area contributed by atoms with Gasteiger partial charge in [0.2, 0.25) is 5.95 Å². The molecule has 0 fully saturated rings. The molecule has 45 heavy (non-hydrogen) atoms. The minimum atomic E-state index is -0.997. The Morgan fingerprint density at radius 2 is 1.69 bits per heavy atom. The van der Waals surface area contributed by atoms with E-state index in [1.807, 2.05) is 0 Å². The number of amidine groups is 2. The molecule has 14 heteroatoms. The number of aryl methyl sites for hydroxylation is 1. The maximum atomic E-state index is 15.9. The summed E-state index contributed by atoms with van der Waals surface area (Å²) in [7, 11) is 0. The Bertz CT molecular complexity index is 1560. The Morgan fingerprint density at radius 1 is 1.00 bits per heavy atom. The van der Waals surface area contributed by atoms with Crippen LogP contribution < -0.4 is 20.7 Å². The lowest BCUT2D eigenvalue weighted by Crippen LogP contribution is -2.38. The van der Waals surface area contributed by atoms with Crippen LogP contribution in [0.4, 0.5) is 19.9 Å². The minimum absolute atomic E-state index is 0.0136. The van der Waals surface area contributed by atoms with Gasteiger partial charge in [0, 0.05) is 36.4 Å². The molecule has 0 radical (unpaired) electrons. The number of carbonyl (C=O) groups excluding carboxylic acids is 3. The van der Waals surface area contributed by atoms with Crippen LogP contribution in [0.25, 0.3) is 0 Å². The Balaban J connectivity index is 1.84. The predicted octanol–water partition coefficient (Wildman–Crippen LogP) is 4.62. The van der Waals surface area contributed by atoms with Gasteiger partial charge in [-0.05, 0) is 49.1 Å². The fourth-order valence-electron chi connectivity index (χ4n) is 3.97. The standard InChI is InChI=1S/C31H34FN7O6/c1-18(2)17-45-31(42)38-27(33)22-8-6-21(7-9-22)16-24(28(34)37-30(41)39-29-35-10-5-11-36-29)23-14-19(3)15-25(26(23)32)44-13-12-43-20(4)40/h5-11,14-15,24H,1,12-13,16-17H2,2-4H3,(H2,33,38,42)(H3,34,35,36,37,39,41)/t24-/m1/s1. The molecule has 3 rings (SSSR count). The second kappa shape index (κ2) is 16.3. The van der Waals surface area contributed by atoms with Crippen LogP contribution in [-0.4, -0.2) is 59.6 Å². The molecule has 0 aliphatic carbocycles.